The number of carbonyl (C=O) groups is 1. The van der Waals surface area contributed by atoms with Crippen LogP contribution in [0.5, 0.6) is 11.5 Å². The molecule has 4 aromatic rings. The van der Waals surface area contributed by atoms with Crippen molar-refractivity contribution in [1.29, 1.82) is 0 Å². The number of carbonyl (C=O) groups excluding carboxylic acids is 1. The number of fused-ring (bicyclic) bond motifs is 1. The third kappa shape index (κ3) is 7.12. The fraction of sp³-hybridized carbons (Fsp3) is 0.387. The first-order valence-electron chi connectivity index (χ1n) is 13.3. The number of pyridine rings is 1. The Morgan fingerprint density at radius 3 is 2.55 bits per heavy atom. The molecule has 0 aliphatic rings. The molecular formula is C31H39N5O2. The Labute approximate surface area is 225 Å². The lowest BCUT2D eigenvalue weighted by Gasteiger charge is -2.27. The minimum atomic E-state index is 0.0761. The summed E-state index contributed by atoms with van der Waals surface area (Å²) in [6, 6.07) is 17.6. The summed E-state index contributed by atoms with van der Waals surface area (Å²) in [5.41, 5.74) is 8.28. The largest absolute Gasteiger partial charge is 0.457 e. The van der Waals surface area contributed by atoms with Gasteiger partial charge in [0.1, 0.15) is 23.1 Å². The normalized spacial score (nSPS) is 12.4. The van der Waals surface area contributed by atoms with Crippen LogP contribution in [0.15, 0.2) is 67.0 Å². The molecule has 0 aliphatic heterocycles. The summed E-state index contributed by atoms with van der Waals surface area (Å²) in [6.07, 6.45) is 5.73. The molecule has 2 heterocycles. The highest BCUT2D eigenvalue weighted by Gasteiger charge is 2.21. The highest BCUT2D eigenvalue weighted by atomic mass is 16.5. The highest BCUT2D eigenvalue weighted by Crippen LogP contribution is 2.31. The van der Waals surface area contributed by atoms with Gasteiger partial charge in [-0.3, -0.25) is 4.79 Å². The Bertz CT molecular complexity index is 1370. The van der Waals surface area contributed by atoms with E-state index in [-0.39, 0.29) is 17.2 Å². The van der Waals surface area contributed by atoms with Crippen LogP contribution in [0.2, 0.25) is 0 Å². The van der Waals surface area contributed by atoms with Crippen LogP contribution in [0.3, 0.4) is 0 Å². The maximum Gasteiger partial charge on any atom is 0.222 e. The molecule has 0 saturated carbocycles. The summed E-state index contributed by atoms with van der Waals surface area (Å²) in [5.74, 6) is 3.13. The van der Waals surface area contributed by atoms with E-state index < -0.39 is 0 Å². The minimum Gasteiger partial charge on any atom is -0.457 e. The second-order valence-electron chi connectivity index (χ2n) is 11.3. The van der Waals surface area contributed by atoms with Crippen molar-refractivity contribution in [2.45, 2.75) is 59.4 Å². The number of anilines is 1. The molecule has 200 valence electrons. The zero-order valence-electron chi connectivity index (χ0n) is 23.1. The van der Waals surface area contributed by atoms with Gasteiger partial charge in [0, 0.05) is 37.8 Å². The summed E-state index contributed by atoms with van der Waals surface area (Å²) in [5, 5.41) is 0.961. The quantitative estimate of drug-likeness (QED) is 0.255. The molecule has 0 spiro atoms. The van der Waals surface area contributed by atoms with Crippen molar-refractivity contribution in [2.24, 2.45) is 12.5 Å². The fourth-order valence-corrected chi connectivity index (χ4v) is 4.40. The minimum absolute atomic E-state index is 0.0761. The van der Waals surface area contributed by atoms with Crippen LogP contribution < -0.4 is 10.5 Å². The first-order valence-corrected chi connectivity index (χ1v) is 13.3. The number of nitrogen functional groups attached to an aromatic ring is 1. The lowest BCUT2D eigenvalue weighted by molar-refractivity contribution is -0.132. The summed E-state index contributed by atoms with van der Waals surface area (Å²) in [6.45, 7) is 9.91. The number of para-hydroxylation sites is 1. The van der Waals surface area contributed by atoms with Crippen molar-refractivity contribution >= 4 is 22.6 Å². The number of imidazole rings is 1. The molecule has 0 unspecified atom stereocenters. The third-order valence-corrected chi connectivity index (χ3v) is 6.89. The molecule has 4 rings (SSSR count). The number of rotatable bonds is 10. The Kier molecular flexibility index (Phi) is 8.35. The van der Waals surface area contributed by atoms with E-state index in [9.17, 15) is 4.79 Å². The van der Waals surface area contributed by atoms with E-state index in [0.717, 1.165) is 40.2 Å². The lowest BCUT2D eigenvalue weighted by Crippen LogP contribution is -2.34. The van der Waals surface area contributed by atoms with Gasteiger partial charge in [-0.25, -0.2) is 9.97 Å². The number of ether oxygens (including phenoxy) is 1. The van der Waals surface area contributed by atoms with Gasteiger partial charge in [0.05, 0.1) is 12.1 Å². The average Bonchev–Trinajstić information content (AvgIpc) is 3.28. The molecule has 0 bridgehead atoms. The van der Waals surface area contributed by atoms with E-state index in [1.54, 1.807) is 6.20 Å². The summed E-state index contributed by atoms with van der Waals surface area (Å²) < 4.78 is 7.97. The molecule has 2 N–H and O–H groups in total. The van der Waals surface area contributed by atoms with E-state index in [1.807, 2.05) is 71.2 Å². The van der Waals surface area contributed by atoms with E-state index in [1.165, 1.54) is 0 Å². The predicted octanol–water partition coefficient (Wildman–Crippen LogP) is 6.69. The first kappa shape index (κ1) is 27.2. The molecule has 7 heteroatoms. The molecule has 7 nitrogen and oxygen atoms in total. The standard InChI is InChI=1S/C31H39N5O2/c1-22(11-14-29(37)36(17-15-31(2,3)4)21-28-33-16-18-35(28)5)26-20-23-19-25(12-13-27(23)34-30(26)32)38-24-9-7-6-8-10-24/h6-10,12-13,16,18-20,22H,11,14-15,17,21H2,1-5H3,(H2,32,34)/t22-/m1/s1. The van der Waals surface area contributed by atoms with Gasteiger partial charge < -0.3 is 19.9 Å². The molecule has 2 aromatic carbocycles. The fourth-order valence-electron chi connectivity index (χ4n) is 4.40. The number of aryl methyl sites for hydroxylation is 1. The van der Waals surface area contributed by atoms with Crippen LogP contribution >= 0.6 is 0 Å². The van der Waals surface area contributed by atoms with Crippen molar-refractivity contribution in [1.82, 2.24) is 19.4 Å². The molecule has 38 heavy (non-hydrogen) atoms. The average molecular weight is 514 g/mol. The maximum absolute atomic E-state index is 13.4. The van der Waals surface area contributed by atoms with Crippen LogP contribution in [0.25, 0.3) is 10.9 Å². The Balaban J connectivity index is 1.46. The number of nitrogens with two attached hydrogens (primary N) is 1. The van der Waals surface area contributed by atoms with Gasteiger partial charge in [-0.1, -0.05) is 45.9 Å². The van der Waals surface area contributed by atoms with E-state index in [2.05, 4.69) is 43.7 Å². The van der Waals surface area contributed by atoms with E-state index in [4.69, 9.17) is 10.5 Å². The van der Waals surface area contributed by atoms with Crippen LogP contribution in [0.1, 0.15) is 64.3 Å². The number of hydrogen-bond donors (Lipinski definition) is 1. The van der Waals surface area contributed by atoms with Crippen LogP contribution in [-0.2, 0) is 18.4 Å². The molecule has 0 saturated heterocycles. The number of aromatic nitrogens is 3. The van der Waals surface area contributed by atoms with Gasteiger partial charge in [0.2, 0.25) is 5.91 Å². The van der Waals surface area contributed by atoms with Gasteiger partial charge in [-0.05, 0) is 66.1 Å². The third-order valence-electron chi connectivity index (χ3n) is 6.89. The van der Waals surface area contributed by atoms with E-state index in [0.29, 0.717) is 31.7 Å². The number of benzene rings is 2. The maximum atomic E-state index is 13.4. The SMILES string of the molecule is C[C@H](CCC(=O)N(CCC(C)(C)C)Cc1nccn1C)c1cc2cc(Oc3ccccc3)ccc2nc1N. The Morgan fingerprint density at radius 1 is 1.11 bits per heavy atom. The molecule has 1 amide bonds. The van der Waals surface area contributed by atoms with Gasteiger partial charge in [-0.15, -0.1) is 0 Å². The Morgan fingerprint density at radius 2 is 1.87 bits per heavy atom. The van der Waals surface area contributed by atoms with Crippen molar-refractivity contribution in [2.75, 3.05) is 12.3 Å². The van der Waals surface area contributed by atoms with Crippen molar-refractivity contribution in [3.8, 4) is 11.5 Å². The Hall–Kier alpha value is -3.87. The van der Waals surface area contributed by atoms with Gasteiger partial charge in [-0.2, -0.15) is 0 Å². The van der Waals surface area contributed by atoms with Crippen molar-refractivity contribution in [3.63, 3.8) is 0 Å². The zero-order chi connectivity index (χ0) is 27.3. The van der Waals surface area contributed by atoms with E-state index >= 15 is 0 Å². The molecular weight excluding hydrogens is 474 g/mol. The van der Waals surface area contributed by atoms with Crippen molar-refractivity contribution < 1.29 is 9.53 Å². The van der Waals surface area contributed by atoms with Crippen LogP contribution in [0.4, 0.5) is 5.82 Å². The molecule has 0 radical (unpaired) electrons. The highest BCUT2D eigenvalue weighted by molar-refractivity contribution is 5.83. The molecule has 0 fully saturated rings. The second kappa shape index (κ2) is 11.7. The topological polar surface area (TPSA) is 86.3 Å². The zero-order valence-corrected chi connectivity index (χ0v) is 23.1. The smallest absolute Gasteiger partial charge is 0.222 e. The van der Waals surface area contributed by atoms with Crippen LogP contribution in [0, 0.1) is 5.41 Å². The monoisotopic (exact) mass is 513 g/mol. The second-order valence-corrected chi connectivity index (χ2v) is 11.3. The predicted molar refractivity (Wildman–Crippen MR) is 153 cm³/mol. The van der Waals surface area contributed by atoms with Gasteiger partial charge >= 0.3 is 0 Å². The number of hydrogen-bond acceptors (Lipinski definition) is 5. The summed E-state index contributed by atoms with van der Waals surface area (Å²) >= 11 is 0. The number of nitrogens with zero attached hydrogens (tertiary/aromatic N) is 4. The number of amides is 1. The van der Waals surface area contributed by atoms with Crippen LogP contribution in [-0.4, -0.2) is 31.9 Å². The van der Waals surface area contributed by atoms with Gasteiger partial charge in [0.25, 0.3) is 0 Å². The molecule has 1 atom stereocenters. The molecule has 2 aromatic heterocycles. The molecule has 0 aliphatic carbocycles. The summed E-state index contributed by atoms with van der Waals surface area (Å²) in [7, 11) is 1.96. The van der Waals surface area contributed by atoms with Crippen molar-refractivity contribution in [3.05, 3.63) is 78.4 Å². The van der Waals surface area contributed by atoms with Gasteiger partial charge in [0.15, 0.2) is 0 Å². The lowest BCUT2D eigenvalue weighted by atomic mass is 9.92. The summed E-state index contributed by atoms with van der Waals surface area (Å²) in [4.78, 5) is 24.4. The first-order chi connectivity index (χ1) is 18.1.